The highest BCUT2D eigenvalue weighted by molar-refractivity contribution is 6.05. The van der Waals surface area contributed by atoms with Crippen LogP contribution in [-0.2, 0) is 16.0 Å². The second-order valence-electron chi connectivity index (χ2n) is 7.70. The summed E-state index contributed by atoms with van der Waals surface area (Å²) in [5.41, 5.74) is 0.401. The largest absolute Gasteiger partial charge is 0.505 e. The second kappa shape index (κ2) is 8.09. The van der Waals surface area contributed by atoms with Crippen LogP contribution in [0, 0.1) is 24.4 Å². The Morgan fingerprint density at radius 2 is 1.81 bits per heavy atom. The van der Waals surface area contributed by atoms with Crippen molar-refractivity contribution in [2.45, 2.75) is 45.1 Å². The van der Waals surface area contributed by atoms with Crippen LogP contribution in [0.5, 0.6) is 5.75 Å². The molecule has 0 amide bonds. The molecule has 8 heteroatoms. The molecule has 1 aliphatic carbocycles. The Labute approximate surface area is 176 Å². The maximum absolute atomic E-state index is 14.9. The maximum Gasteiger partial charge on any atom is 0.310 e. The summed E-state index contributed by atoms with van der Waals surface area (Å²) in [6.07, 6.45) is 3.02. The first-order valence-electron chi connectivity index (χ1n) is 9.98. The number of nitrogens with zero attached hydrogens (tertiary/aromatic N) is 1. The lowest BCUT2D eigenvalue weighted by molar-refractivity contribution is -0.147. The molecule has 0 atom stereocenters. The third kappa shape index (κ3) is 3.78. The Hall–Kier alpha value is -3.29. The van der Waals surface area contributed by atoms with Crippen LogP contribution in [0.1, 0.15) is 47.3 Å². The van der Waals surface area contributed by atoms with Crippen LogP contribution in [0.4, 0.5) is 13.2 Å². The zero-order valence-electron chi connectivity index (χ0n) is 16.8. The summed E-state index contributed by atoms with van der Waals surface area (Å²) in [6, 6.07) is 5.14. The zero-order valence-corrected chi connectivity index (χ0v) is 16.8. The molecule has 0 radical (unpaired) electrons. The van der Waals surface area contributed by atoms with Gasteiger partial charge in [-0.05, 0) is 68.5 Å². The van der Waals surface area contributed by atoms with Crippen molar-refractivity contribution >= 4 is 22.8 Å². The molecule has 1 saturated carbocycles. The van der Waals surface area contributed by atoms with E-state index in [9.17, 15) is 27.9 Å². The first-order valence-corrected chi connectivity index (χ1v) is 9.98. The van der Waals surface area contributed by atoms with Crippen LogP contribution >= 0.6 is 0 Å². The number of halogens is 3. The van der Waals surface area contributed by atoms with Crippen molar-refractivity contribution in [2.24, 2.45) is 0 Å². The molecule has 0 spiro atoms. The molecule has 1 aromatic heterocycles. The van der Waals surface area contributed by atoms with Gasteiger partial charge in [0.2, 0.25) is 0 Å². The molecule has 0 bridgehead atoms. The highest BCUT2D eigenvalue weighted by Crippen LogP contribution is 2.34. The normalized spacial score (nSPS) is 14.3. The third-order valence-corrected chi connectivity index (χ3v) is 5.71. The van der Waals surface area contributed by atoms with Crippen LogP contribution in [0.15, 0.2) is 30.3 Å². The van der Waals surface area contributed by atoms with E-state index >= 15 is 0 Å². The molecule has 0 aliphatic heterocycles. The summed E-state index contributed by atoms with van der Waals surface area (Å²) in [6.45, 7) is 1.52. The number of fused-ring (bicyclic) bond motifs is 1. The molecule has 1 fully saturated rings. The van der Waals surface area contributed by atoms with Gasteiger partial charge in [-0.1, -0.05) is 0 Å². The summed E-state index contributed by atoms with van der Waals surface area (Å²) in [5, 5.41) is 9.77. The second-order valence-corrected chi connectivity index (χ2v) is 7.70. The Bertz CT molecular complexity index is 1200. The van der Waals surface area contributed by atoms with Crippen molar-refractivity contribution in [3.05, 3.63) is 64.6 Å². The number of phenolic OH excluding ortho intramolecular Hbond substituents is 1. The van der Waals surface area contributed by atoms with Crippen molar-refractivity contribution in [1.29, 1.82) is 0 Å². The van der Waals surface area contributed by atoms with Gasteiger partial charge in [0.1, 0.15) is 6.10 Å². The summed E-state index contributed by atoms with van der Waals surface area (Å²) < 4.78 is 48.4. The number of esters is 1. The number of carbonyl (C=O) groups is 2. The van der Waals surface area contributed by atoms with Gasteiger partial charge in [0.25, 0.3) is 5.91 Å². The molecule has 31 heavy (non-hydrogen) atoms. The molecule has 4 rings (SSSR count). The number of ether oxygens (including phenoxy) is 1. The van der Waals surface area contributed by atoms with Crippen LogP contribution in [0.2, 0.25) is 0 Å². The number of benzene rings is 2. The molecule has 2 aromatic carbocycles. The van der Waals surface area contributed by atoms with Crippen molar-refractivity contribution in [3.63, 3.8) is 0 Å². The van der Waals surface area contributed by atoms with Crippen molar-refractivity contribution in [1.82, 2.24) is 4.57 Å². The van der Waals surface area contributed by atoms with Crippen LogP contribution in [0.25, 0.3) is 10.9 Å². The predicted molar refractivity (Wildman–Crippen MR) is 106 cm³/mol. The molecule has 0 unspecified atom stereocenters. The van der Waals surface area contributed by atoms with Gasteiger partial charge in [-0.3, -0.25) is 14.2 Å². The van der Waals surface area contributed by atoms with E-state index in [2.05, 4.69) is 0 Å². The zero-order chi connectivity index (χ0) is 22.3. The average molecular weight is 431 g/mol. The topological polar surface area (TPSA) is 68.5 Å². The van der Waals surface area contributed by atoms with E-state index in [1.165, 1.54) is 13.0 Å². The van der Waals surface area contributed by atoms with Gasteiger partial charge in [-0.2, -0.15) is 0 Å². The van der Waals surface area contributed by atoms with E-state index in [0.717, 1.165) is 54.5 Å². The fraction of sp³-hybridized carbons (Fsp3) is 0.304. The first-order chi connectivity index (χ1) is 14.8. The number of aromatic nitrogens is 1. The Kier molecular flexibility index (Phi) is 5.47. The summed E-state index contributed by atoms with van der Waals surface area (Å²) in [4.78, 5) is 25.6. The molecule has 162 valence electrons. The summed E-state index contributed by atoms with van der Waals surface area (Å²) in [5.74, 6) is -5.17. The van der Waals surface area contributed by atoms with E-state index in [0.29, 0.717) is 0 Å². The highest BCUT2D eigenvalue weighted by Gasteiger charge is 2.27. The van der Waals surface area contributed by atoms with Gasteiger partial charge < -0.3 is 9.84 Å². The van der Waals surface area contributed by atoms with Crippen LogP contribution in [-0.4, -0.2) is 27.7 Å². The lowest BCUT2D eigenvalue weighted by Crippen LogP contribution is -2.18. The van der Waals surface area contributed by atoms with Crippen molar-refractivity contribution in [2.75, 3.05) is 0 Å². The lowest BCUT2D eigenvalue weighted by Gasteiger charge is -2.12. The van der Waals surface area contributed by atoms with Gasteiger partial charge >= 0.3 is 5.97 Å². The molecule has 1 N–H and O–H groups in total. The number of hydrogen-bond acceptors (Lipinski definition) is 4. The SMILES string of the molecule is Cc1c(CC(=O)OC2CCCC2)c2c(F)c(O)ccc2n1C(=O)c1ccc(F)c(F)c1. The smallest absolute Gasteiger partial charge is 0.310 e. The Morgan fingerprint density at radius 1 is 1.10 bits per heavy atom. The van der Waals surface area contributed by atoms with Crippen LogP contribution < -0.4 is 0 Å². The minimum absolute atomic E-state index is 0.0863. The maximum atomic E-state index is 14.9. The van der Waals surface area contributed by atoms with Gasteiger partial charge in [-0.25, -0.2) is 13.2 Å². The number of phenols is 1. The van der Waals surface area contributed by atoms with Crippen LogP contribution in [0.3, 0.4) is 0 Å². The monoisotopic (exact) mass is 431 g/mol. The molecule has 1 aliphatic rings. The number of aromatic hydroxyl groups is 1. The average Bonchev–Trinajstić information content (AvgIpc) is 3.33. The van der Waals surface area contributed by atoms with E-state index in [1.807, 2.05) is 0 Å². The fourth-order valence-corrected chi connectivity index (χ4v) is 4.14. The van der Waals surface area contributed by atoms with E-state index in [1.54, 1.807) is 0 Å². The standard InChI is InChI=1S/C23H20F3NO4/c1-12-15(11-20(29)31-14-4-2-3-5-14)21-18(8-9-19(28)22(21)26)27(12)23(30)13-6-7-16(24)17(25)10-13/h6-10,14,28H,2-5,11H2,1H3. The summed E-state index contributed by atoms with van der Waals surface area (Å²) >= 11 is 0. The minimum Gasteiger partial charge on any atom is -0.505 e. The molecule has 0 saturated heterocycles. The molecule has 1 heterocycles. The van der Waals surface area contributed by atoms with Crippen molar-refractivity contribution < 1.29 is 32.6 Å². The van der Waals surface area contributed by atoms with E-state index in [4.69, 9.17) is 4.74 Å². The quantitative estimate of drug-likeness (QED) is 0.603. The van der Waals surface area contributed by atoms with Crippen molar-refractivity contribution in [3.8, 4) is 5.75 Å². The number of hydrogen-bond donors (Lipinski definition) is 1. The molecule has 5 nitrogen and oxygen atoms in total. The lowest BCUT2D eigenvalue weighted by atomic mass is 10.1. The fourth-order valence-electron chi connectivity index (χ4n) is 4.14. The molecule has 3 aromatic rings. The summed E-state index contributed by atoms with van der Waals surface area (Å²) in [7, 11) is 0. The van der Waals surface area contributed by atoms with Gasteiger partial charge in [0.15, 0.2) is 23.2 Å². The molecular weight excluding hydrogens is 411 g/mol. The predicted octanol–water partition coefficient (Wildman–Crippen LogP) is 4.79. The Balaban J connectivity index is 1.80. The van der Waals surface area contributed by atoms with Gasteiger partial charge in [0.05, 0.1) is 11.9 Å². The van der Waals surface area contributed by atoms with E-state index in [-0.39, 0.29) is 40.2 Å². The molecular formula is C23H20F3NO4. The van der Waals surface area contributed by atoms with Gasteiger partial charge in [0, 0.05) is 16.6 Å². The first kappa shape index (κ1) is 21.0. The minimum atomic E-state index is -1.19. The highest BCUT2D eigenvalue weighted by atomic mass is 19.2. The van der Waals surface area contributed by atoms with E-state index < -0.39 is 35.1 Å². The Morgan fingerprint density at radius 3 is 2.48 bits per heavy atom. The number of rotatable bonds is 4. The number of carbonyl (C=O) groups excluding carboxylic acids is 2. The third-order valence-electron chi connectivity index (χ3n) is 5.71. The van der Waals surface area contributed by atoms with Gasteiger partial charge in [-0.15, -0.1) is 0 Å².